The molecule has 0 fully saturated rings. The molecule has 2 aromatic rings. The minimum absolute atomic E-state index is 0.260. The molecule has 0 unspecified atom stereocenters. The van der Waals surface area contributed by atoms with E-state index < -0.39 is 0 Å². The van der Waals surface area contributed by atoms with Gasteiger partial charge in [0.25, 0.3) is 0 Å². The number of phenols is 1. The van der Waals surface area contributed by atoms with E-state index in [1.165, 1.54) is 0 Å². The molecule has 2 rings (SSSR count). The zero-order chi connectivity index (χ0) is 13.8. The Hall–Kier alpha value is -1.97. The van der Waals surface area contributed by atoms with Crippen LogP contribution in [0.1, 0.15) is 30.8 Å². The lowest BCUT2D eigenvalue weighted by Gasteiger charge is -2.10. The number of phenolic OH excluding ortho intramolecular Hbond substituents is 1. The lowest BCUT2D eigenvalue weighted by molar-refractivity contribution is 0.288. The summed E-state index contributed by atoms with van der Waals surface area (Å²) < 4.78 is 7.74. The van der Waals surface area contributed by atoms with Gasteiger partial charge >= 0.3 is 0 Å². The van der Waals surface area contributed by atoms with E-state index in [1.807, 2.05) is 17.7 Å². The zero-order valence-electron chi connectivity index (χ0n) is 11.7. The maximum absolute atomic E-state index is 9.64. The van der Waals surface area contributed by atoms with Gasteiger partial charge in [-0.15, -0.1) is 0 Å². The van der Waals surface area contributed by atoms with Crippen LogP contribution < -0.4 is 4.74 Å². The quantitative estimate of drug-likeness (QED) is 0.898. The first kappa shape index (κ1) is 13.5. The highest BCUT2D eigenvalue weighted by Gasteiger charge is 2.08. The number of ether oxygens (including phenoxy) is 1. The molecule has 0 saturated heterocycles. The minimum atomic E-state index is 0.260. The smallest absolute Gasteiger partial charge is 0.130 e. The fourth-order valence-electron chi connectivity index (χ4n) is 1.99. The van der Waals surface area contributed by atoms with Crippen LogP contribution in [0, 0.1) is 6.92 Å². The third-order valence-corrected chi connectivity index (χ3v) is 3.21. The molecule has 0 aliphatic rings. The van der Waals surface area contributed by atoms with Crippen molar-refractivity contribution in [2.45, 2.75) is 40.3 Å². The first-order chi connectivity index (χ1) is 9.15. The van der Waals surface area contributed by atoms with Gasteiger partial charge in [-0.05, 0) is 38.5 Å². The van der Waals surface area contributed by atoms with Crippen molar-refractivity contribution in [2.24, 2.45) is 0 Å². The van der Waals surface area contributed by atoms with Gasteiger partial charge in [0, 0.05) is 12.1 Å². The molecule has 102 valence electrons. The van der Waals surface area contributed by atoms with Gasteiger partial charge in [0.1, 0.15) is 18.1 Å². The Labute approximate surface area is 113 Å². The highest BCUT2D eigenvalue weighted by atomic mass is 16.5. The van der Waals surface area contributed by atoms with Crippen molar-refractivity contribution >= 4 is 0 Å². The van der Waals surface area contributed by atoms with E-state index in [4.69, 9.17) is 4.74 Å². The summed E-state index contributed by atoms with van der Waals surface area (Å²) >= 11 is 0. The molecular weight excluding hydrogens is 240 g/mol. The van der Waals surface area contributed by atoms with Gasteiger partial charge in [-0.3, -0.25) is 4.68 Å². The molecule has 0 radical (unpaired) electrons. The molecule has 1 aromatic carbocycles. The van der Waals surface area contributed by atoms with Crippen LogP contribution in [0.2, 0.25) is 0 Å². The van der Waals surface area contributed by atoms with Crippen LogP contribution in [0.3, 0.4) is 0 Å². The van der Waals surface area contributed by atoms with Crippen LogP contribution >= 0.6 is 0 Å². The van der Waals surface area contributed by atoms with Crippen molar-refractivity contribution < 1.29 is 9.84 Å². The number of hydrogen-bond donors (Lipinski definition) is 1. The molecule has 0 aliphatic carbocycles. The zero-order valence-corrected chi connectivity index (χ0v) is 11.7. The number of nitrogens with zero attached hydrogens (tertiary/aromatic N) is 2. The van der Waals surface area contributed by atoms with Gasteiger partial charge in [-0.2, -0.15) is 5.10 Å². The predicted octanol–water partition coefficient (Wildman–Crippen LogP) is 3.06. The molecule has 0 bridgehead atoms. The average Bonchev–Trinajstić information content (AvgIpc) is 2.83. The van der Waals surface area contributed by atoms with E-state index in [1.54, 1.807) is 12.1 Å². The Kier molecular flexibility index (Phi) is 4.10. The summed E-state index contributed by atoms with van der Waals surface area (Å²) in [5, 5.41) is 14.1. The van der Waals surface area contributed by atoms with E-state index >= 15 is 0 Å². The van der Waals surface area contributed by atoms with Crippen molar-refractivity contribution in [3.63, 3.8) is 0 Å². The monoisotopic (exact) mass is 260 g/mol. The first-order valence-corrected chi connectivity index (χ1v) is 6.62. The van der Waals surface area contributed by atoms with E-state index in [-0.39, 0.29) is 5.75 Å². The molecule has 1 N–H and O–H groups in total. The summed E-state index contributed by atoms with van der Waals surface area (Å²) in [6.07, 6.45) is 0.922. The molecule has 0 atom stereocenters. The SMILES string of the molecule is CCc1cc(COc2cccc(O)c2C)n(CC)n1. The molecule has 1 aromatic heterocycles. The molecule has 19 heavy (non-hydrogen) atoms. The lowest BCUT2D eigenvalue weighted by Crippen LogP contribution is -2.06. The van der Waals surface area contributed by atoms with Crippen molar-refractivity contribution in [3.05, 3.63) is 41.2 Å². The number of hydrogen-bond acceptors (Lipinski definition) is 3. The van der Waals surface area contributed by atoms with Gasteiger partial charge in [0.05, 0.1) is 11.4 Å². The largest absolute Gasteiger partial charge is 0.508 e. The van der Waals surface area contributed by atoms with Crippen molar-refractivity contribution in [3.8, 4) is 11.5 Å². The molecule has 0 saturated carbocycles. The highest BCUT2D eigenvalue weighted by molar-refractivity contribution is 5.42. The minimum Gasteiger partial charge on any atom is -0.508 e. The van der Waals surface area contributed by atoms with Gasteiger partial charge in [-0.1, -0.05) is 13.0 Å². The molecule has 0 spiro atoms. The van der Waals surface area contributed by atoms with Crippen LogP contribution in [0.4, 0.5) is 0 Å². The van der Waals surface area contributed by atoms with E-state index in [0.717, 1.165) is 29.9 Å². The standard InChI is InChI=1S/C15H20N2O2/c1-4-12-9-13(17(5-2)16-12)10-19-15-8-6-7-14(18)11(15)3/h6-9,18H,4-5,10H2,1-3H3. The summed E-state index contributed by atoms with van der Waals surface area (Å²) in [4.78, 5) is 0. The average molecular weight is 260 g/mol. The molecule has 4 nitrogen and oxygen atoms in total. The maximum atomic E-state index is 9.64. The van der Waals surface area contributed by atoms with Crippen molar-refractivity contribution in [1.82, 2.24) is 9.78 Å². The van der Waals surface area contributed by atoms with Gasteiger partial charge < -0.3 is 9.84 Å². The van der Waals surface area contributed by atoms with Crippen LogP contribution in [0.25, 0.3) is 0 Å². The summed E-state index contributed by atoms with van der Waals surface area (Å²) in [5.41, 5.74) is 2.90. The third kappa shape index (κ3) is 2.89. The summed E-state index contributed by atoms with van der Waals surface area (Å²) in [6, 6.07) is 7.38. The molecule has 0 aliphatic heterocycles. The van der Waals surface area contributed by atoms with Gasteiger partial charge in [-0.25, -0.2) is 0 Å². The van der Waals surface area contributed by atoms with E-state index in [9.17, 15) is 5.11 Å². The van der Waals surface area contributed by atoms with E-state index in [0.29, 0.717) is 12.4 Å². The highest BCUT2D eigenvalue weighted by Crippen LogP contribution is 2.26. The summed E-state index contributed by atoms with van der Waals surface area (Å²) in [6.45, 7) is 7.30. The molecule has 4 heteroatoms. The first-order valence-electron chi connectivity index (χ1n) is 6.62. The van der Waals surface area contributed by atoms with E-state index in [2.05, 4.69) is 25.0 Å². The molecular formula is C15H20N2O2. The summed E-state index contributed by atoms with van der Waals surface area (Å²) in [5.74, 6) is 0.970. The Morgan fingerprint density at radius 3 is 2.79 bits per heavy atom. The second-order valence-electron chi connectivity index (χ2n) is 4.49. The Morgan fingerprint density at radius 1 is 1.32 bits per heavy atom. The fraction of sp³-hybridized carbons (Fsp3) is 0.400. The van der Waals surface area contributed by atoms with Crippen LogP contribution in [-0.4, -0.2) is 14.9 Å². The lowest BCUT2D eigenvalue weighted by atomic mass is 10.2. The van der Waals surface area contributed by atoms with Gasteiger partial charge in [0.15, 0.2) is 0 Å². The number of aromatic hydroxyl groups is 1. The Morgan fingerprint density at radius 2 is 2.11 bits per heavy atom. The number of rotatable bonds is 5. The second kappa shape index (κ2) is 5.78. The maximum Gasteiger partial charge on any atom is 0.130 e. The van der Waals surface area contributed by atoms with Crippen molar-refractivity contribution in [2.75, 3.05) is 0 Å². The Bertz CT molecular complexity index is 561. The Balaban J connectivity index is 2.14. The molecule has 0 amide bonds. The number of aryl methyl sites for hydroxylation is 2. The van der Waals surface area contributed by atoms with Gasteiger partial charge in [0.2, 0.25) is 0 Å². The number of benzene rings is 1. The van der Waals surface area contributed by atoms with Crippen LogP contribution in [0.15, 0.2) is 24.3 Å². The summed E-state index contributed by atoms with van der Waals surface area (Å²) in [7, 11) is 0. The third-order valence-electron chi connectivity index (χ3n) is 3.21. The van der Waals surface area contributed by atoms with Crippen LogP contribution in [-0.2, 0) is 19.6 Å². The topological polar surface area (TPSA) is 47.3 Å². The molecule has 1 heterocycles. The van der Waals surface area contributed by atoms with Crippen molar-refractivity contribution in [1.29, 1.82) is 0 Å². The second-order valence-corrected chi connectivity index (χ2v) is 4.49. The number of aromatic nitrogens is 2. The normalized spacial score (nSPS) is 10.7. The van der Waals surface area contributed by atoms with Crippen LogP contribution in [0.5, 0.6) is 11.5 Å². The predicted molar refractivity (Wildman–Crippen MR) is 74.5 cm³/mol. The fourth-order valence-corrected chi connectivity index (χ4v) is 1.99.